The van der Waals surface area contributed by atoms with E-state index in [4.69, 9.17) is 0 Å². The molecule has 1 aliphatic rings. The molecule has 0 spiro atoms. The van der Waals surface area contributed by atoms with Gasteiger partial charge < -0.3 is 5.32 Å². The molecule has 30 heavy (non-hydrogen) atoms. The topological polar surface area (TPSA) is 68.2 Å². The molecular formula is C23H29N5O2. The van der Waals surface area contributed by atoms with E-state index in [1.165, 1.54) is 11.9 Å². The van der Waals surface area contributed by atoms with Crippen molar-refractivity contribution in [3.8, 4) is 0 Å². The Labute approximate surface area is 177 Å². The molecule has 2 amide bonds. The third-order valence-corrected chi connectivity index (χ3v) is 5.31. The number of nitrogens with zero attached hydrogens (tertiary/aromatic N) is 4. The summed E-state index contributed by atoms with van der Waals surface area (Å²) in [5.74, 6) is -0.630. The van der Waals surface area contributed by atoms with Gasteiger partial charge in [0.25, 0.3) is 5.66 Å². The summed E-state index contributed by atoms with van der Waals surface area (Å²) >= 11 is 0. The summed E-state index contributed by atoms with van der Waals surface area (Å²) in [6.45, 7) is 10.6. The smallest absolute Gasteiger partial charge is 0.301 e. The van der Waals surface area contributed by atoms with E-state index in [0.29, 0.717) is 24.5 Å². The lowest BCUT2D eigenvalue weighted by Gasteiger charge is -2.47. The van der Waals surface area contributed by atoms with E-state index in [2.05, 4.69) is 10.4 Å². The Kier molecular flexibility index (Phi) is 6.22. The third-order valence-electron chi connectivity index (χ3n) is 5.31. The molecule has 158 valence electrons. The van der Waals surface area contributed by atoms with Crippen LogP contribution in [0.3, 0.4) is 0 Å². The van der Waals surface area contributed by atoms with E-state index < -0.39 is 5.66 Å². The van der Waals surface area contributed by atoms with Crippen LogP contribution in [0.5, 0.6) is 0 Å². The van der Waals surface area contributed by atoms with E-state index in [1.54, 1.807) is 6.92 Å². The monoisotopic (exact) mass is 407 g/mol. The van der Waals surface area contributed by atoms with Gasteiger partial charge in [-0.15, -0.1) is 0 Å². The largest absolute Gasteiger partial charge is 0.320 e. The molecule has 1 unspecified atom stereocenters. The number of hydrazone groups is 1. The van der Waals surface area contributed by atoms with Crippen molar-refractivity contribution < 1.29 is 9.59 Å². The van der Waals surface area contributed by atoms with Crippen LogP contribution in [0.4, 0.5) is 11.4 Å². The average Bonchev–Trinajstić information content (AvgIpc) is 2.98. The Morgan fingerprint density at radius 1 is 1.03 bits per heavy atom. The number of hydrogen-bond acceptors (Lipinski definition) is 5. The maximum absolute atomic E-state index is 14.0. The van der Waals surface area contributed by atoms with Crippen LogP contribution < -0.4 is 15.3 Å². The molecule has 0 saturated heterocycles. The summed E-state index contributed by atoms with van der Waals surface area (Å²) in [6, 6.07) is 17.1. The van der Waals surface area contributed by atoms with Gasteiger partial charge in [0.1, 0.15) is 0 Å². The lowest BCUT2D eigenvalue weighted by molar-refractivity contribution is -0.129. The lowest BCUT2D eigenvalue weighted by atomic mass is 10.0. The Morgan fingerprint density at radius 3 is 2.20 bits per heavy atom. The summed E-state index contributed by atoms with van der Waals surface area (Å²) in [5, 5.41) is 12.9. The predicted molar refractivity (Wildman–Crippen MR) is 120 cm³/mol. The normalized spacial score (nSPS) is 18.5. The number of rotatable bonds is 7. The van der Waals surface area contributed by atoms with Gasteiger partial charge in [-0.05, 0) is 37.6 Å². The summed E-state index contributed by atoms with van der Waals surface area (Å²) in [6.07, 6.45) is 0. The van der Waals surface area contributed by atoms with Crippen LogP contribution in [-0.2, 0) is 9.59 Å². The van der Waals surface area contributed by atoms with E-state index >= 15 is 0 Å². The lowest BCUT2D eigenvalue weighted by Crippen LogP contribution is -2.73. The van der Waals surface area contributed by atoms with Gasteiger partial charge in [-0.3, -0.25) is 14.6 Å². The molecule has 7 heteroatoms. The first-order chi connectivity index (χ1) is 14.4. The van der Waals surface area contributed by atoms with Crippen molar-refractivity contribution in [2.45, 2.75) is 40.3 Å². The SMILES string of the molecule is CCN(CC)N(c1ccccc1C)C1(NC(C)=O)C(=O)N(c2ccccc2)N=C1C. The molecule has 7 nitrogen and oxygen atoms in total. The first-order valence-electron chi connectivity index (χ1n) is 10.2. The Morgan fingerprint density at radius 2 is 1.63 bits per heavy atom. The molecule has 1 heterocycles. The molecule has 0 saturated carbocycles. The van der Waals surface area contributed by atoms with E-state index in [-0.39, 0.29) is 11.8 Å². The Bertz CT molecular complexity index is 955. The second-order valence-electron chi connectivity index (χ2n) is 7.27. The number of benzene rings is 2. The quantitative estimate of drug-likeness (QED) is 0.565. The minimum atomic E-state index is -1.46. The third kappa shape index (κ3) is 3.57. The highest BCUT2D eigenvalue weighted by Gasteiger charge is 2.57. The number of hydrogen-bond donors (Lipinski definition) is 1. The first kappa shape index (κ1) is 21.5. The van der Waals surface area contributed by atoms with Crippen molar-refractivity contribution in [2.24, 2.45) is 5.10 Å². The molecule has 1 atom stereocenters. The number of aryl methyl sites for hydroxylation is 1. The van der Waals surface area contributed by atoms with Gasteiger partial charge in [0.05, 0.1) is 17.1 Å². The number of nitrogens with one attached hydrogen (secondary N) is 1. The number of amides is 2. The highest BCUT2D eigenvalue weighted by atomic mass is 16.2. The molecule has 1 aliphatic heterocycles. The molecule has 0 bridgehead atoms. The van der Waals surface area contributed by atoms with Gasteiger partial charge in [0.2, 0.25) is 5.91 Å². The minimum Gasteiger partial charge on any atom is -0.320 e. The molecular weight excluding hydrogens is 378 g/mol. The van der Waals surface area contributed by atoms with Gasteiger partial charge >= 0.3 is 5.91 Å². The van der Waals surface area contributed by atoms with Crippen LogP contribution >= 0.6 is 0 Å². The maximum atomic E-state index is 14.0. The minimum absolute atomic E-state index is 0.307. The molecule has 0 radical (unpaired) electrons. The molecule has 2 aromatic rings. The van der Waals surface area contributed by atoms with Crippen molar-refractivity contribution in [1.29, 1.82) is 0 Å². The van der Waals surface area contributed by atoms with Crippen LogP contribution in [0.25, 0.3) is 0 Å². The van der Waals surface area contributed by atoms with E-state index in [1.807, 2.05) is 85.4 Å². The molecule has 0 aliphatic carbocycles. The highest BCUT2D eigenvalue weighted by molar-refractivity contribution is 6.25. The van der Waals surface area contributed by atoms with Crippen LogP contribution in [0.2, 0.25) is 0 Å². The maximum Gasteiger partial charge on any atom is 0.301 e. The Hall–Kier alpha value is -3.19. The standard InChI is InChI=1S/C23H29N5O2/c1-6-26(7-2)28(21-16-12-11-13-17(21)3)23(24-19(5)29)18(4)25-27(22(23)30)20-14-9-8-10-15-20/h8-16H,6-7H2,1-5H3,(H,24,29). The molecule has 1 N–H and O–H groups in total. The van der Waals surface area contributed by atoms with Gasteiger partial charge in [0.15, 0.2) is 0 Å². The average molecular weight is 408 g/mol. The number of para-hydroxylation sites is 2. The van der Waals surface area contributed by atoms with E-state index in [0.717, 1.165) is 11.3 Å². The zero-order valence-electron chi connectivity index (χ0n) is 18.2. The van der Waals surface area contributed by atoms with Gasteiger partial charge in [-0.2, -0.15) is 10.1 Å². The summed E-state index contributed by atoms with van der Waals surface area (Å²) in [4.78, 5) is 26.3. The van der Waals surface area contributed by atoms with Crippen LogP contribution in [0, 0.1) is 6.92 Å². The summed E-state index contributed by atoms with van der Waals surface area (Å²) < 4.78 is 0. The van der Waals surface area contributed by atoms with Gasteiger partial charge in [0, 0.05) is 20.0 Å². The fourth-order valence-electron chi connectivity index (χ4n) is 3.87. The second kappa shape index (κ2) is 8.67. The fourth-order valence-corrected chi connectivity index (χ4v) is 3.87. The number of carbonyl (C=O) groups excluding carboxylic acids is 2. The summed E-state index contributed by atoms with van der Waals surface area (Å²) in [5.41, 5.74) is 1.53. The zero-order valence-corrected chi connectivity index (χ0v) is 18.2. The molecule has 2 aromatic carbocycles. The van der Waals surface area contributed by atoms with Crippen LogP contribution in [0.15, 0.2) is 59.7 Å². The van der Waals surface area contributed by atoms with Crippen molar-refractivity contribution in [2.75, 3.05) is 23.1 Å². The van der Waals surface area contributed by atoms with Crippen LogP contribution in [-0.4, -0.2) is 41.3 Å². The zero-order chi connectivity index (χ0) is 21.9. The van der Waals surface area contributed by atoms with Gasteiger partial charge in [-0.25, -0.2) is 5.01 Å². The van der Waals surface area contributed by atoms with Crippen molar-refractivity contribution in [1.82, 2.24) is 10.3 Å². The first-order valence-corrected chi connectivity index (χ1v) is 10.2. The molecule has 3 rings (SSSR count). The fraction of sp³-hybridized carbons (Fsp3) is 0.348. The van der Waals surface area contributed by atoms with Crippen LogP contribution in [0.1, 0.15) is 33.3 Å². The van der Waals surface area contributed by atoms with E-state index in [9.17, 15) is 9.59 Å². The Balaban J connectivity index is 2.24. The number of anilines is 2. The highest BCUT2D eigenvalue weighted by Crippen LogP contribution is 2.35. The molecule has 0 fully saturated rings. The van der Waals surface area contributed by atoms with Crippen molar-refractivity contribution in [3.05, 3.63) is 60.2 Å². The predicted octanol–water partition coefficient (Wildman–Crippen LogP) is 3.31. The number of hydrazine groups is 1. The van der Waals surface area contributed by atoms with Gasteiger partial charge in [-0.1, -0.05) is 50.2 Å². The van der Waals surface area contributed by atoms with Crippen molar-refractivity contribution in [3.63, 3.8) is 0 Å². The molecule has 0 aromatic heterocycles. The second-order valence-corrected chi connectivity index (χ2v) is 7.27. The summed E-state index contributed by atoms with van der Waals surface area (Å²) in [7, 11) is 0. The van der Waals surface area contributed by atoms with Crippen molar-refractivity contribution >= 4 is 28.9 Å². The number of carbonyl (C=O) groups is 2.